The van der Waals surface area contributed by atoms with Crippen molar-refractivity contribution in [3.05, 3.63) is 30.2 Å². The number of hydrogen-bond acceptors (Lipinski definition) is 13. The highest BCUT2D eigenvalue weighted by Gasteiger charge is 2.25. The number of ether oxygens (including phenoxy) is 4. The third-order valence-electron chi connectivity index (χ3n) is 8.26. The average molecular weight is 643 g/mol. The highest BCUT2D eigenvalue weighted by molar-refractivity contribution is 7.92. The lowest BCUT2D eigenvalue weighted by Crippen LogP contribution is -2.38. The molecule has 3 fully saturated rings. The van der Waals surface area contributed by atoms with Crippen molar-refractivity contribution in [1.29, 1.82) is 0 Å². The summed E-state index contributed by atoms with van der Waals surface area (Å²) in [5, 5.41) is 4.15. The van der Waals surface area contributed by atoms with Gasteiger partial charge in [-0.2, -0.15) is 4.98 Å². The summed E-state index contributed by atoms with van der Waals surface area (Å²) < 4.78 is 49.6. The Kier molecular flexibility index (Phi) is 9.97. The minimum Gasteiger partial charge on any atom is -0.489 e. The van der Waals surface area contributed by atoms with E-state index in [1.165, 1.54) is 6.20 Å². The van der Waals surface area contributed by atoms with Crippen molar-refractivity contribution in [1.82, 2.24) is 24.8 Å². The van der Waals surface area contributed by atoms with Gasteiger partial charge in [0.15, 0.2) is 5.75 Å². The first-order valence-electron chi connectivity index (χ1n) is 15.6. The van der Waals surface area contributed by atoms with Gasteiger partial charge in [-0.25, -0.2) is 18.4 Å². The van der Waals surface area contributed by atoms with Crippen LogP contribution in [0.2, 0.25) is 0 Å². The normalized spacial score (nSPS) is 21.4. The molecule has 0 bridgehead atoms. The second-order valence-electron chi connectivity index (χ2n) is 11.7. The molecule has 244 valence electrons. The Hall–Kier alpha value is -3.53. The molecule has 3 aromatic rings. The fourth-order valence-electron chi connectivity index (χ4n) is 5.84. The van der Waals surface area contributed by atoms with E-state index in [1.54, 1.807) is 12.3 Å². The number of pyridine rings is 2. The molecule has 3 aromatic heterocycles. The van der Waals surface area contributed by atoms with Crippen LogP contribution in [-0.2, 0) is 19.5 Å². The van der Waals surface area contributed by atoms with Crippen molar-refractivity contribution in [3.63, 3.8) is 0 Å². The van der Waals surface area contributed by atoms with Gasteiger partial charge in [-0.15, -0.1) is 0 Å². The van der Waals surface area contributed by atoms with E-state index in [0.29, 0.717) is 54.0 Å². The average Bonchev–Trinajstić information content (AvgIpc) is 3.03. The molecule has 0 spiro atoms. The maximum atomic E-state index is 11.9. The van der Waals surface area contributed by atoms with E-state index in [4.69, 9.17) is 23.9 Å². The lowest BCUT2D eigenvalue weighted by molar-refractivity contribution is 0.0321. The zero-order chi connectivity index (χ0) is 31.2. The number of sulfonamides is 1. The molecule has 45 heavy (non-hydrogen) atoms. The van der Waals surface area contributed by atoms with Crippen LogP contribution in [0.4, 0.5) is 17.5 Å². The summed E-state index contributed by atoms with van der Waals surface area (Å²) in [5.74, 6) is 2.53. The Morgan fingerprint density at radius 3 is 2.40 bits per heavy atom. The standard InChI is InChI=1S/C30H42N8O6S/c1-21-27(43-16-9-37-7-12-41-13-8-37)20-32-30(33-21)34-22-3-5-24(6-4-22)44-29-25-17-23(36-45(2,39)40)19-31-26(25)18-28(35-29)38-10-14-42-15-11-38/h17-20,22,24,36H,3-16H2,1-2H3,(H,32,33,34). The number of aromatic nitrogens is 4. The van der Waals surface area contributed by atoms with Gasteiger partial charge < -0.3 is 29.2 Å². The second kappa shape index (κ2) is 14.3. The molecular weight excluding hydrogens is 600 g/mol. The number of rotatable bonds is 11. The van der Waals surface area contributed by atoms with Crippen LogP contribution in [-0.4, -0.2) is 117 Å². The van der Waals surface area contributed by atoms with Crippen LogP contribution in [0.25, 0.3) is 10.9 Å². The zero-order valence-electron chi connectivity index (χ0n) is 25.9. The minimum atomic E-state index is -3.46. The van der Waals surface area contributed by atoms with Gasteiger partial charge in [-0.3, -0.25) is 14.6 Å². The van der Waals surface area contributed by atoms with E-state index < -0.39 is 10.0 Å². The molecule has 0 amide bonds. The summed E-state index contributed by atoms with van der Waals surface area (Å²) >= 11 is 0. The van der Waals surface area contributed by atoms with Crippen LogP contribution in [0.3, 0.4) is 0 Å². The molecular formula is C30H42N8O6S. The van der Waals surface area contributed by atoms with Crippen molar-refractivity contribution < 1.29 is 27.4 Å². The molecule has 0 unspecified atom stereocenters. The third kappa shape index (κ3) is 8.60. The molecule has 0 atom stereocenters. The fraction of sp³-hybridized carbons (Fsp3) is 0.600. The Morgan fingerprint density at radius 1 is 0.956 bits per heavy atom. The van der Waals surface area contributed by atoms with Gasteiger partial charge in [0.05, 0.1) is 67.4 Å². The first-order valence-corrected chi connectivity index (χ1v) is 17.5. The predicted octanol–water partition coefficient (Wildman–Crippen LogP) is 2.45. The Labute approximate surface area is 263 Å². The highest BCUT2D eigenvalue weighted by atomic mass is 32.2. The summed E-state index contributed by atoms with van der Waals surface area (Å²) in [6, 6.07) is 3.87. The molecule has 2 N–H and O–H groups in total. The molecule has 2 aliphatic heterocycles. The molecule has 14 nitrogen and oxygen atoms in total. The molecule has 1 saturated carbocycles. The van der Waals surface area contributed by atoms with Crippen LogP contribution < -0.4 is 24.4 Å². The first-order chi connectivity index (χ1) is 21.8. The van der Waals surface area contributed by atoms with Crippen LogP contribution in [0.1, 0.15) is 31.4 Å². The summed E-state index contributed by atoms with van der Waals surface area (Å²) in [7, 11) is -3.46. The molecule has 1 aliphatic carbocycles. The van der Waals surface area contributed by atoms with Crippen molar-refractivity contribution >= 4 is 38.4 Å². The minimum absolute atomic E-state index is 0.0462. The lowest BCUT2D eigenvalue weighted by atomic mass is 9.93. The first kappa shape index (κ1) is 31.5. The molecule has 0 aromatic carbocycles. The number of anilines is 3. The molecule has 3 aliphatic rings. The number of hydrogen-bond donors (Lipinski definition) is 2. The molecule has 6 rings (SSSR count). The summed E-state index contributed by atoms with van der Waals surface area (Å²) in [5.41, 5.74) is 1.87. The Balaban J connectivity index is 1.07. The van der Waals surface area contributed by atoms with Gasteiger partial charge in [0.2, 0.25) is 21.9 Å². The molecule has 0 radical (unpaired) electrons. The van der Waals surface area contributed by atoms with Gasteiger partial charge in [-0.05, 0) is 38.7 Å². The van der Waals surface area contributed by atoms with Gasteiger partial charge in [-0.1, -0.05) is 0 Å². The SMILES string of the molecule is Cc1nc(NC2CCC(Oc3nc(N4CCOCC4)cc4ncc(NS(C)(=O)=O)cc34)CC2)ncc1OCCN1CCOCC1. The second-order valence-corrected chi connectivity index (χ2v) is 13.5. The monoisotopic (exact) mass is 642 g/mol. The van der Waals surface area contributed by atoms with Crippen molar-refractivity contribution in [2.75, 3.05) is 87.0 Å². The van der Waals surface area contributed by atoms with E-state index in [0.717, 1.165) is 89.4 Å². The van der Waals surface area contributed by atoms with E-state index in [-0.39, 0.29) is 12.1 Å². The largest absolute Gasteiger partial charge is 0.489 e. The lowest BCUT2D eigenvalue weighted by Gasteiger charge is -2.31. The number of nitrogens with zero attached hydrogens (tertiary/aromatic N) is 6. The quantitative estimate of drug-likeness (QED) is 0.315. The van der Waals surface area contributed by atoms with E-state index >= 15 is 0 Å². The van der Waals surface area contributed by atoms with Gasteiger partial charge in [0.25, 0.3) is 0 Å². The van der Waals surface area contributed by atoms with Crippen molar-refractivity contribution in [2.24, 2.45) is 0 Å². The number of fused-ring (bicyclic) bond motifs is 1. The van der Waals surface area contributed by atoms with E-state index in [2.05, 4.69) is 34.8 Å². The maximum Gasteiger partial charge on any atom is 0.229 e. The van der Waals surface area contributed by atoms with Crippen LogP contribution >= 0.6 is 0 Å². The zero-order valence-corrected chi connectivity index (χ0v) is 26.7. The highest BCUT2D eigenvalue weighted by Crippen LogP contribution is 2.33. The molecule has 5 heterocycles. The molecule has 2 saturated heterocycles. The summed E-state index contributed by atoms with van der Waals surface area (Å²) in [6.07, 6.45) is 7.73. The summed E-state index contributed by atoms with van der Waals surface area (Å²) in [4.78, 5) is 23.1. The van der Waals surface area contributed by atoms with Crippen molar-refractivity contribution in [3.8, 4) is 11.6 Å². The van der Waals surface area contributed by atoms with Gasteiger partial charge in [0, 0.05) is 44.8 Å². The van der Waals surface area contributed by atoms with Gasteiger partial charge in [0.1, 0.15) is 18.5 Å². The topological polar surface area (TPSA) is 153 Å². The Bertz CT molecular complexity index is 1560. The van der Waals surface area contributed by atoms with E-state index in [1.807, 2.05) is 13.0 Å². The fourth-order valence-corrected chi connectivity index (χ4v) is 6.38. The van der Waals surface area contributed by atoms with Crippen LogP contribution in [0, 0.1) is 6.92 Å². The third-order valence-corrected chi connectivity index (χ3v) is 8.86. The van der Waals surface area contributed by atoms with E-state index in [9.17, 15) is 8.42 Å². The number of aryl methyl sites for hydroxylation is 1. The smallest absolute Gasteiger partial charge is 0.229 e. The summed E-state index contributed by atoms with van der Waals surface area (Å²) in [6.45, 7) is 9.52. The predicted molar refractivity (Wildman–Crippen MR) is 171 cm³/mol. The Morgan fingerprint density at radius 2 is 1.69 bits per heavy atom. The molecule has 15 heteroatoms. The number of nitrogens with one attached hydrogen (secondary N) is 2. The number of morpholine rings is 2. The van der Waals surface area contributed by atoms with Crippen LogP contribution in [0.15, 0.2) is 24.5 Å². The maximum absolute atomic E-state index is 11.9. The van der Waals surface area contributed by atoms with Crippen molar-refractivity contribution in [2.45, 2.75) is 44.8 Å². The van der Waals surface area contributed by atoms with Gasteiger partial charge >= 0.3 is 0 Å². The van der Waals surface area contributed by atoms with Crippen LogP contribution in [0.5, 0.6) is 11.6 Å².